The van der Waals surface area contributed by atoms with E-state index in [1.807, 2.05) is 6.92 Å². The van der Waals surface area contributed by atoms with Crippen molar-refractivity contribution >= 4 is 33.7 Å². The molecular formula is C13H11ClN3O2S+. The van der Waals surface area contributed by atoms with Crippen molar-refractivity contribution in [2.75, 3.05) is 0 Å². The summed E-state index contributed by atoms with van der Waals surface area (Å²) in [6, 6.07) is 6.69. The van der Waals surface area contributed by atoms with Crippen LogP contribution >= 0.6 is 11.6 Å². The van der Waals surface area contributed by atoms with Crippen molar-refractivity contribution in [3.05, 3.63) is 46.9 Å². The molecule has 0 fully saturated rings. The molecule has 0 bridgehead atoms. The Bertz CT molecular complexity index is 814. The topological polar surface area (TPSA) is 62.9 Å². The van der Waals surface area contributed by atoms with Crippen molar-refractivity contribution < 1.29 is 12.4 Å². The third kappa shape index (κ3) is 2.01. The zero-order valence-corrected chi connectivity index (χ0v) is 12.2. The van der Waals surface area contributed by atoms with Crippen LogP contribution in [0, 0.1) is 6.92 Å². The van der Waals surface area contributed by atoms with E-state index in [0.29, 0.717) is 17.8 Å². The van der Waals surface area contributed by atoms with E-state index >= 15 is 0 Å². The van der Waals surface area contributed by atoms with E-state index in [-0.39, 0.29) is 10.0 Å². The molecule has 0 radical (unpaired) electrons. The molecule has 1 aliphatic rings. The highest BCUT2D eigenvalue weighted by atomic mass is 35.5. The second-order valence-electron chi connectivity index (χ2n) is 4.47. The van der Waals surface area contributed by atoms with Crippen LogP contribution in [0.2, 0.25) is 5.15 Å². The fourth-order valence-corrected chi connectivity index (χ4v) is 3.61. The Morgan fingerprint density at radius 1 is 1.20 bits per heavy atom. The summed E-state index contributed by atoms with van der Waals surface area (Å²) in [6.07, 6.45) is 3.22. The monoisotopic (exact) mass is 308 g/mol. The summed E-state index contributed by atoms with van der Waals surface area (Å²) >= 11 is 5.96. The SMILES string of the molecule is Cc1ccc(S(=O)(=O)[N+]2=CCc3c(Cl)ncnc32)cc1. The summed E-state index contributed by atoms with van der Waals surface area (Å²) in [7, 11) is -3.66. The lowest BCUT2D eigenvalue weighted by atomic mass is 10.2. The first-order valence-electron chi connectivity index (χ1n) is 5.94. The molecule has 0 aliphatic carbocycles. The Hall–Kier alpha value is -1.79. The second-order valence-corrected chi connectivity index (χ2v) is 6.64. The number of aryl methyl sites for hydroxylation is 1. The van der Waals surface area contributed by atoms with Crippen LogP contribution in [0.5, 0.6) is 0 Å². The van der Waals surface area contributed by atoms with Gasteiger partial charge in [-0.1, -0.05) is 29.3 Å². The molecule has 1 aliphatic heterocycles. The third-order valence-corrected chi connectivity index (χ3v) is 5.15. The van der Waals surface area contributed by atoms with Crippen LogP contribution in [-0.2, 0) is 16.4 Å². The first-order valence-corrected chi connectivity index (χ1v) is 7.76. The van der Waals surface area contributed by atoms with Gasteiger partial charge < -0.3 is 0 Å². The fourth-order valence-electron chi connectivity index (χ4n) is 2.04. The average Bonchev–Trinajstić information content (AvgIpc) is 2.85. The van der Waals surface area contributed by atoms with Crippen molar-refractivity contribution in [2.45, 2.75) is 18.2 Å². The van der Waals surface area contributed by atoms with Gasteiger partial charge in [0.05, 0.1) is 11.8 Å². The molecule has 5 nitrogen and oxygen atoms in total. The van der Waals surface area contributed by atoms with Crippen LogP contribution in [-0.4, -0.2) is 28.6 Å². The zero-order chi connectivity index (χ0) is 14.3. The standard InChI is InChI=1S/C13H11ClN3O2S/c1-9-2-4-10(5-3-9)20(18,19)17-7-6-11-12(14)15-8-16-13(11)17/h2-5,7-8H,6H2,1H3/q+1. The molecule has 0 unspecified atom stereocenters. The number of hydrogen-bond donors (Lipinski definition) is 0. The first-order chi connectivity index (χ1) is 9.50. The van der Waals surface area contributed by atoms with Crippen molar-refractivity contribution in [3.63, 3.8) is 0 Å². The molecule has 1 aromatic carbocycles. The molecule has 2 aromatic rings. The quantitative estimate of drug-likeness (QED) is 0.629. The molecule has 1 aromatic heterocycles. The van der Waals surface area contributed by atoms with Gasteiger partial charge in [-0.25, -0.2) is 0 Å². The molecule has 2 heterocycles. The van der Waals surface area contributed by atoms with Crippen LogP contribution in [0.25, 0.3) is 0 Å². The number of aromatic nitrogens is 2. The first kappa shape index (κ1) is 13.2. The van der Waals surface area contributed by atoms with Gasteiger partial charge >= 0.3 is 15.8 Å². The number of hydrogen-bond acceptors (Lipinski definition) is 4. The smallest absolute Gasteiger partial charge is 0.200 e. The van der Waals surface area contributed by atoms with Gasteiger partial charge in [-0.2, -0.15) is 13.4 Å². The van der Waals surface area contributed by atoms with E-state index in [0.717, 1.165) is 5.56 Å². The van der Waals surface area contributed by atoms with Gasteiger partial charge in [0, 0.05) is 6.42 Å². The number of fused-ring (bicyclic) bond motifs is 1. The minimum Gasteiger partial charge on any atom is -0.200 e. The van der Waals surface area contributed by atoms with Gasteiger partial charge in [0.25, 0.3) is 0 Å². The Morgan fingerprint density at radius 2 is 1.90 bits per heavy atom. The van der Waals surface area contributed by atoms with Crippen LogP contribution in [0.3, 0.4) is 0 Å². The number of nitrogens with zero attached hydrogens (tertiary/aromatic N) is 3. The van der Waals surface area contributed by atoms with E-state index < -0.39 is 10.0 Å². The van der Waals surface area contributed by atoms with Crippen LogP contribution in [0.15, 0.2) is 35.5 Å². The summed E-state index contributed by atoms with van der Waals surface area (Å²) < 4.78 is 26.4. The third-order valence-electron chi connectivity index (χ3n) is 3.12. The summed E-state index contributed by atoms with van der Waals surface area (Å²) in [5, 5.41) is 0.285. The van der Waals surface area contributed by atoms with E-state index in [4.69, 9.17) is 11.6 Å². The Kier molecular flexibility index (Phi) is 3.07. The van der Waals surface area contributed by atoms with Gasteiger partial charge in [0.15, 0.2) is 0 Å². The molecule has 0 spiro atoms. The maximum Gasteiger partial charge on any atom is 0.346 e. The molecule has 20 heavy (non-hydrogen) atoms. The normalized spacial score (nSPS) is 14.0. The lowest BCUT2D eigenvalue weighted by Crippen LogP contribution is -2.16. The molecule has 0 saturated carbocycles. The molecule has 102 valence electrons. The summed E-state index contributed by atoms with van der Waals surface area (Å²) in [6.45, 7) is 1.90. The van der Waals surface area contributed by atoms with Crippen molar-refractivity contribution in [1.29, 1.82) is 0 Å². The minimum absolute atomic E-state index is 0.224. The highest BCUT2D eigenvalue weighted by Gasteiger charge is 2.35. The maximum absolute atomic E-state index is 12.6. The number of rotatable bonds is 2. The Balaban J connectivity index is 2.12. The van der Waals surface area contributed by atoms with Crippen molar-refractivity contribution in [1.82, 2.24) is 9.97 Å². The Morgan fingerprint density at radius 3 is 2.60 bits per heavy atom. The Labute approximate surface area is 121 Å². The highest BCUT2D eigenvalue weighted by Crippen LogP contribution is 2.30. The summed E-state index contributed by atoms with van der Waals surface area (Å²) in [5.74, 6) is 0.325. The number of halogens is 1. The second kappa shape index (κ2) is 4.64. The predicted molar refractivity (Wildman–Crippen MR) is 75.1 cm³/mol. The molecular weight excluding hydrogens is 298 g/mol. The number of benzene rings is 1. The van der Waals surface area contributed by atoms with E-state index in [2.05, 4.69) is 9.97 Å². The summed E-state index contributed by atoms with van der Waals surface area (Å²) in [4.78, 5) is 8.12. The van der Waals surface area contributed by atoms with Crippen molar-refractivity contribution in [2.24, 2.45) is 0 Å². The molecule has 0 amide bonds. The van der Waals surface area contributed by atoms with Crippen molar-refractivity contribution in [3.8, 4) is 0 Å². The van der Waals surface area contributed by atoms with E-state index in [9.17, 15) is 8.42 Å². The maximum atomic E-state index is 12.6. The largest absolute Gasteiger partial charge is 0.346 e. The molecule has 0 saturated heterocycles. The number of sulfonamides is 1. The van der Waals surface area contributed by atoms with Gasteiger partial charge in [0.2, 0.25) is 6.33 Å². The van der Waals surface area contributed by atoms with E-state index in [1.165, 1.54) is 10.3 Å². The van der Waals surface area contributed by atoms with Gasteiger partial charge in [-0.05, 0) is 24.0 Å². The predicted octanol–water partition coefficient (Wildman–Crippen LogP) is 2.10. The fraction of sp³-hybridized carbons (Fsp3) is 0.154. The van der Waals surface area contributed by atoms with Gasteiger partial charge in [-0.3, -0.25) is 0 Å². The van der Waals surface area contributed by atoms with E-state index in [1.54, 1.807) is 30.5 Å². The molecule has 7 heteroatoms. The van der Waals surface area contributed by atoms with Crippen LogP contribution in [0.1, 0.15) is 11.1 Å². The highest BCUT2D eigenvalue weighted by molar-refractivity contribution is 7.85. The lowest BCUT2D eigenvalue weighted by Gasteiger charge is -2.03. The molecule has 0 N–H and O–H groups in total. The molecule has 3 rings (SSSR count). The summed E-state index contributed by atoms with van der Waals surface area (Å²) in [5.41, 5.74) is 1.63. The van der Waals surface area contributed by atoms with Crippen LogP contribution < -0.4 is 0 Å². The van der Waals surface area contributed by atoms with Gasteiger partial charge in [0.1, 0.15) is 10.0 Å². The van der Waals surface area contributed by atoms with Crippen LogP contribution in [0.4, 0.5) is 5.82 Å². The molecule has 0 atom stereocenters. The lowest BCUT2D eigenvalue weighted by molar-refractivity contribution is -0.256. The zero-order valence-electron chi connectivity index (χ0n) is 10.6. The minimum atomic E-state index is -3.66. The van der Waals surface area contributed by atoms with Gasteiger partial charge in [-0.15, -0.1) is 3.98 Å². The average molecular weight is 309 g/mol.